The molecular formula is C17H19N3O3S. The van der Waals surface area contributed by atoms with E-state index in [0.717, 1.165) is 27.8 Å². The van der Waals surface area contributed by atoms with Crippen LogP contribution in [0.25, 0.3) is 10.9 Å². The first-order chi connectivity index (χ1) is 11.5. The third kappa shape index (κ3) is 3.59. The van der Waals surface area contributed by atoms with Gasteiger partial charge in [0, 0.05) is 29.6 Å². The molecule has 0 spiro atoms. The van der Waals surface area contributed by atoms with Gasteiger partial charge in [-0.05, 0) is 29.3 Å². The number of aromatic amines is 1. The van der Waals surface area contributed by atoms with Crippen molar-refractivity contribution in [2.24, 2.45) is 5.14 Å². The van der Waals surface area contributed by atoms with Crippen LogP contribution >= 0.6 is 0 Å². The predicted octanol–water partition coefficient (Wildman–Crippen LogP) is 2.10. The average Bonchev–Trinajstić information content (AvgIpc) is 2.99. The first-order valence-corrected chi connectivity index (χ1v) is 9.00. The highest BCUT2D eigenvalue weighted by molar-refractivity contribution is 7.87. The number of methoxy groups -OCH3 is 1. The molecular weight excluding hydrogens is 326 g/mol. The summed E-state index contributed by atoms with van der Waals surface area (Å²) in [5, 5.41) is 6.16. The second-order valence-corrected chi connectivity index (χ2v) is 6.89. The molecule has 3 aromatic rings. The maximum absolute atomic E-state index is 11.3. The molecule has 3 rings (SSSR count). The molecule has 1 atom stereocenters. The van der Waals surface area contributed by atoms with Gasteiger partial charge in [-0.3, -0.25) is 0 Å². The fourth-order valence-corrected chi connectivity index (χ4v) is 3.22. The summed E-state index contributed by atoms with van der Waals surface area (Å²) in [6.07, 6.45) is 1.91. The second-order valence-electron chi connectivity index (χ2n) is 5.51. The van der Waals surface area contributed by atoms with Gasteiger partial charge in [-0.15, -0.1) is 0 Å². The number of H-pyrrole nitrogens is 1. The van der Waals surface area contributed by atoms with Crippen LogP contribution in [0.3, 0.4) is 0 Å². The summed E-state index contributed by atoms with van der Waals surface area (Å²) in [6.45, 7) is 0.174. The molecule has 0 radical (unpaired) electrons. The summed E-state index contributed by atoms with van der Waals surface area (Å²) in [6, 6.07) is 15.5. The van der Waals surface area contributed by atoms with E-state index in [2.05, 4.69) is 9.71 Å². The molecule has 0 fully saturated rings. The Bertz CT molecular complexity index is 933. The van der Waals surface area contributed by atoms with Crippen molar-refractivity contribution in [3.63, 3.8) is 0 Å². The Morgan fingerprint density at radius 2 is 1.88 bits per heavy atom. The first-order valence-electron chi connectivity index (χ1n) is 7.45. The molecule has 0 saturated heterocycles. The molecule has 0 aliphatic rings. The van der Waals surface area contributed by atoms with Crippen molar-refractivity contribution in [1.82, 2.24) is 9.71 Å². The molecule has 0 amide bonds. The lowest BCUT2D eigenvalue weighted by atomic mass is 9.91. The van der Waals surface area contributed by atoms with Crippen molar-refractivity contribution in [1.29, 1.82) is 0 Å². The Hall–Kier alpha value is -2.35. The minimum absolute atomic E-state index is 0.174. The van der Waals surface area contributed by atoms with E-state index in [0.29, 0.717) is 0 Å². The van der Waals surface area contributed by atoms with Crippen molar-refractivity contribution < 1.29 is 13.2 Å². The van der Waals surface area contributed by atoms with E-state index in [1.165, 1.54) is 0 Å². The van der Waals surface area contributed by atoms with E-state index in [4.69, 9.17) is 9.88 Å². The number of nitrogens with one attached hydrogen (secondary N) is 2. The fraction of sp³-hybridized carbons (Fsp3) is 0.176. The molecule has 24 heavy (non-hydrogen) atoms. The Morgan fingerprint density at radius 3 is 2.54 bits per heavy atom. The maximum Gasteiger partial charge on any atom is 0.274 e. The zero-order valence-electron chi connectivity index (χ0n) is 13.2. The van der Waals surface area contributed by atoms with Crippen molar-refractivity contribution >= 4 is 21.1 Å². The number of hydrogen-bond acceptors (Lipinski definition) is 3. The normalized spacial score (nSPS) is 13.1. The van der Waals surface area contributed by atoms with Crippen molar-refractivity contribution in [2.45, 2.75) is 5.92 Å². The number of fused-ring (bicyclic) bond motifs is 1. The molecule has 7 heteroatoms. The van der Waals surface area contributed by atoms with Crippen LogP contribution in [0.2, 0.25) is 0 Å². The Kier molecular flexibility index (Phi) is 4.57. The molecule has 126 valence electrons. The molecule has 4 N–H and O–H groups in total. The monoisotopic (exact) mass is 345 g/mol. The van der Waals surface area contributed by atoms with E-state index < -0.39 is 10.2 Å². The number of rotatable bonds is 6. The lowest BCUT2D eigenvalue weighted by Crippen LogP contribution is -2.34. The number of aromatic nitrogens is 1. The average molecular weight is 345 g/mol. The minimum Gasteiger partial charge on any atom is -0.497 e. The van der Waals surface area contributed by atoms with Gasteiger partial charge >= 0.3 is 0 Å². The van der Waals surface area contributed by atoms with Gasteiger partial charge in [0.25, 0.3) is 10.2 Å². The smallest absolute Gasteiger partial charge is 0.274 e. The summed E-state index contributed by atoms with van der Waals surface area (Å²) >= 11 is 0. The number of hydrogen-bond donors (Lipinski definition) is 3. The van der Waals surface area contributed by atoms with Gasteiger partial charge in [-0.1, -0.05) is 30.3 Å². The molecule has 0 aliphatic carbocycles. The lowest BCUT2D eigenvalue weighted by Gasteiger charge is -2.18. The van der Waals surface area contributed by atoms with Gasteiger partial charge in [-0.25, -0.2) is 9.86 Å². The number of ether oxygens (including phenoxy) is 1. The maximum atomic E-state index is 11.3. The van der Waals surface area contributed by atoms with Crippen LogP contribution in [-0.2, 0) is 10.2 Å². The van der Waals surface area contributed by atoms with E-state index in [9.17, 15) is 8.42 Å². The quantitative estimate of drug-likeness (QED) is 0.638. The van der Waals surface area contributed by atoms with Gasteiger partial charge in [-0.2, -0.15) is 8.42 Å². The highest BCUT2D eigenvalue weighted by Gasteiger charge is 2.19. The van der Waals surface area contributed by atoms with E-state index >= 15 is 0 Å². The van der Waals surface area contributed by atoms with Crippen LogP contribution < -0.4 is 14.6 Å². The summed E-state index contributed by atoms with van der Waals surface area (Å²) in [5.41, 5.74) is 2.98. The Labute approximate surface area is 140 Å². The van der Waals surface area contributed by atoms with Crippen LogP contribution in [0, 0.1) is 0 Å². The standard InChI is InChI=1S/C17H19N3O3S/c1-23-13-8-6-12(7-9-13)15(11-20-24(18,21)22)16-10-19-17-5-3-2-4-14(16)17/h2-10,15,19-20H,11H2,1H3,(H2,18,21,22)/t15-/m0/s1. The van der Waals surface area contributed by atoms with Gasteiger partial charge in [0.1, 0.15) is 5.75 Å². The highest BCUT2D eigenvalue weighted by atomic mass is 32.2. The van der Waals surface area contributed by atoms with Crippen LogP contribution in [0.1, 0.15) is 17.0 Å². The van der Waals surface area contributed by atoms with Crippen LogP contribution in [0.5, 0.6) is 5.75 Å². The Balaban J connectivity index is 2.03. The Morgan fingerprint density at radius 1 is 1.17 bits per heavy atom. The molecule has 1 heterocycles. The first kappa shape index (κ1) is 16.5. The van der Waals surface area contributed by atoms with Crippen molar-refractivity contribution in [2.75, 3.05) is 13.7 Å². The SMILES string of the molecule is COc1ccc([C@H](CNS(N)(=O)=O)c2c[nH]c3ccccc23)cc1. The number of para-hydroxylation sites is 1. The zero-order chi connectivity index (χ0) is 17.2. The zero-order valence-corrected chi connectivity index (χ0v) is 14.0. The molecule has 0 aliphatic heterocycles. The molecule has 0 unspecified atom stereocenters. The van der Waals surface area contributed by atoms with E-state index in [1.807, 2.05) is 54.7 Å². The second kappa shape index (κ2) is 6.64. The van der Waals surface area contributed by atoms with Crippen LogP contribution in [-0.4, -0.2) is 27.1 Å². The summed E-state index contributed by atoms with van der Waals surface area (Å²) in [5.74, 6) is 0.571. The van der Waals surface area contributed by atoms with E-state index in [1.54, 1.807) is 7.11 Å². The molecule has 2 aromatic carbocycles. The fourth-order valence-electron chi connectivity index (χ4n) is 2.83. The minimum atomic E-state index is -3.77. The molecule has 6 nitrogen and oxygen atoms in total. The van der Waals surface area contributed by atoms with Crippen LogP contribution in [0.4, 0.5) is 0 Å². The predicted molar refractivity (Wildman–Crippen MR) is 94.2 cm³/mol. The van der Waals surface area contributed by atoms with Gasteiger partial charge in [0.2, 0.25) is 0 Å². The number of benzene rings is 2. The van der Waals surface area contributed by atoms with Crippen molar-refractivity contribution in [3.05, 3.63) is 65.9 Å². The lowest BCUT2D eigenvalue weighted by molar-refractivity contribution is 0.414. The topological polar surface area (TPSA) is 97.2 Å². The van der Waals surface area contributed by atoms with Gasteiger partial charge in [0.05, 0.1) is 7.11 Å². The highest BCUT2D eigenvalue weighted by Crippen LogP contribution is 2.31. The molecule has 1 aromatic heterocycles. The summed E-state index contributed by atoms with van der Waals surface area (Å²) < 4.78 is 30.3. The third-order valence-corrected chi connectivity index (χ3v) is 4.57. The van der Waals surface area contributed by atoms with E-state index in [-0.39, 0.29) is 12.5 Å². The van der Waals surface area contributed by atoms with Crippen molar-refractivity contribution in [3.8, 4) is 5.75 Å². The summed E-state index contributed by atoms with van der Waals surface area (Å²) in [7, 11) is -2.16. The number of nitrogens with two attached hydrogens (primary N) is 1. The largest absolute Gasteiger partial charge is 0.497 e. The summed E-state index contributed by atoms with van der Waals surface area (Å²) in [4.78, 5) is 3.22. The third-order valence-electron chi connectivity index (χ3n) is 4.00. The molecule has 0 saturated carbocycles. The molecule has 0 bridgehead atoms. The van der Waals surface area contributed by atoms with Crippen LogP contribution in [0.15, 0.2) is 54.7 Å². The van der Waals surface area contributed by atoms with Gasteiger partial charge in [0.15, 0.2) is 0 Å². The van der Waals surface area contributed by atoms with Gasteiger partial charge < -0.3 is 9.72 Å².